The van der Waals surface area contributed by atoms with Crippen molar-refractivity contribution >= 4 is 11.7 Å². The van der Waals surface area contributed by atoms with Crippen LogP contribution in [-0.2, 0) is 14.3 Å². The summed E-state index contributed by atoms with van der Waals surface area (Å²) in [6.45, 7) is 7.60. The van der Waals surface area contributed by atoms with Gasteiger partial charge < -0.3 is 19.5 Å². The van der Waals surface area contributed by atoms with Gasteiger partial charge in [0.05, 0.1) is 23.3 Å². The summed E-state index contributed by atoms with van der Waals surface area (Å²) >= 11 is 0. The van der Waals surface area contributed by atoms with Crippen molar-refractivity contribution < 1.29 is 23.8 Å². The van der Waals surface area contributed by atoms with Gasteiger partial charge in [-0.05, 0) is 50.8 Å². The number of carbonyl (C=O) groups excluding carboxylic acids is 1. The van der Waals surface area contributed by atoms with Gasteiger partial charge in [0.25, 0.3) is 0 Å². The number of halogens is 1. The number of allylic oxidation sites excluding steroid dienone is 1. The fourth-order valence-electron chi connectivity index (χ4n) is 5.70. The molecule has 0 spiro atoms. The summed E-state index contributed by atoms with van der Waals surface area (Å²) in [5.41, 5.74) is 1.35. The molecule has 0 aromatic heterocycles. The second-order valence-electron chi connectivity index (χ2n) is 10.0. The molecule has 1 aromatic carbocycles. The fraction of sp³-hybridized carbons (Fsp3) is 0.640. The Morgan fingerprint density at radius 1 is 1.22 bits per heavy atom. The number of hydrogen-bond donors (Lipinski definition) is 1. The Labute approximate surface area is 189 Å². The first-order chi connectivity index (χ1) is 15.4. The number of epoxide rings is 1. The van der Waals surface area contributed by atoms with E-state index in [9.17, 15) is 14.3 Å². The van der Waals surface area contributed by atoms with E-state index in [1.807, 2.05) is 19.1 Å². The normalized spacial score (nSPS) is 39.5. The monoisotopic (exact) mass is 444 g/mol. The van der Waals surface area contributed by atoms with Gasteiger partial charge in [-0.1, -0.05) is 18.2 Å². The Kier molecular flexibility index (Phi) is 5.76. The number of esters is 1. The zero-order chi connectivity index (χ0) is 22.5. The van der Waals surface area contributed by atoms with Crippen LogP contribution in [0.25, 0.3) is 0 Å². The Morgan fingerprint density at radius 3 is 2.72 bits per heavy atom. The fourth-order valence-corrected chi connectivity index (χ4v) is 5.70. The molecule has 5 rings (SSSR count). The van der Waals surface area contributed by atoms with Crippen LogP contribution in [0, 0.1) is 17.7 Å². The summed E-state index contributed by atoms with van der Waals surface area (Å²) in [6.07, 6.45) is 3.39. The van der Waals surface area contributed by atoms with E-state index in [-0.39, 0.29) is 41.4 Å². The molecular weight excluding hydrogens is 411 g/mol. The summed E-state index contributed by atoms with van der Waals surface area (Å²) in [6, 6.07) is 6.86. The van der Waals surface area contributed by atoms with Crippen LogP contribution in [0.1, 0.15) is 33.1 Å². The molecule has 4 aliphatic rings. The van der Waals surface area contributed by atoms with Crippen molar-refractivity contribution in [3.05, 3.63) is 41.7 Å². The molecule has 32 heavy (non-hydrogen) atoms. The number of para-hydroxylation sites is 1. The zero-order valence-electron chi connectivity index (χ0n) is 18.9. The highest BCUT2D eigenvalue weighted by molar-refractivity contribution is 5.76. The number of rotatable bonds is 3. The predicted molar refractivity (Wildman–Crippen MR) is 119 cm³/mol. The van der Waals surface area contributed by atoms with Gasteiger partial charge in [0.1, 0.15) is 18.0 Å². The topological polar surface area (TPSA) is 65.5 Å². The Bertz CT molecular complexity index is 900. The molecule has 0 unspecified atom stereocenters. The van der Waals surface area contributed by atoms with Gasteiger partial charge in [-0.25, -0.2) is 4.39 Å². The van der Waals surface area contributed by atoms with Crippen LogP contribution < -0.4 is 4.90 Å². The maximum Gasteiger partial charge on any atom is 0.311 e. The predicted octanol–water partition coefficient (Wildman–Crippen LogP) is 2.75. The summed E-state index contributed by atoms with van der Waals surface area (Å²) in [5.74, 6) is -0.734. The largest absolute Gasteiger partial charge is 0.459 e. The van der Waals surface area contributed by atoms with Crippen LogP contribution in [0.3, 0.4) is 0 Å². The molecule has 0 bridgehead atoms. The van der Waals surface area contributed by atoms with Crippen LogP contribution in [0.2, 0.25) is 0 Å². The number of fused-ring (bicyclic) bond motifs is 3. The van der Waals surface area contributed by atoms with Gasteiger partial charge in [0.2, 0.25) is 0 Å². The van der Waals surface area contributed by atoms with E-state index in [2.05, 4.69) is 22.8 Å². The van der Waals surface area contributed by atoms with Crippen molar-refractivity contribution in [2.24, 2.45) is 11.8 Å². The molecule has 0 radical (unpaired) electrons. The molecule has 174 valence electrons. The lowest BCUT2D eigenvalue weighted by Gasteiger charge is -2.37. The number of aliphatic hydroxyl groups excluding tert-OH is 1. The van der Waals surface area contributed by atoms with Crippen molar-refractivity contribution in [3.8, 4) is 0 Å². The summed E-state index contributed by atoms with van der Waals surface area (Å²) in [4.78, 5) is 17.3. The minimum Gasteiger partial charge on any atom is -0.459 e. The summed E-state index contributed by atoms with van der Waals surface area (Å²) < 4.78 is 26.1. The maximum absolute atomic E-state index is 14.2. The van der Waals surface area contributed by atoms with Crippen LogP contribution in [0.15, 0.2) is 35.9 Å². The Balaban J connectivity index is 1.28. The average Bonchev–Trinajstić information content (AvgIpc) is 3.36. The van der Waals surface area contributed by atoms with Crippen LogP contribution in [0.4, 0.5) is 10.1 Å². The highest BCUT2D eigenvalue weighted by Crippen LogP contribution is 2.50. The average molecular weight is 445 g/mol. The molecule has 7 heteroatoms. The van der Waals surface area contributed by atoms with Crippen LogP contribution >= 0.6 is 0 Å². The van der Waals surface area contributed by atoms with Gasteiger partial charge in [-0.3, -0.25) is 9.69 Å². The minimum atomic E-state index is -0.569. The highest BCUT2D eigenvalue weighted by atomic mass is 19.1. The first kappa shape index (κ1) is 21.9. The van der Waals surface area contributed by atoms with E-state index >= 15 is 0 Å². The Hall–Kier alpha value is -1.96. The van der Waals surface area contributed by atoms with E-state index in [0.717, 1.165) is 31.5 Å². The molecular formula is C25H33FN2O4. The first-order valence-electron chi connectivity index (χ1n) is 11.8. The first-order valence-corrected chi connectivity index (χ1v) is 11.8. The number of ether oxygens (including phenoxy) is 2. The summed E-state index contributed by atoms with van der Waals surface area (Å²) in [7, 11) is 0. The van der Waals surface area contributed by atoms with Gasteiger partial charge >= 0.3 is 5.97 Å². The molecule has 3 fully saturated rings. The van der Waals surface area contributed by atoms with E-state index in [0.29, 0.717) is 31.7 Å². The van der Waals surface area contributed by atoms with E-state index in [1.165, 1.54) is 6.07 Å². The number of piperazine rings is 1. The third-order valence-electron chi connectivity index (χ3n) is 7.88. The number of carbonyl (C=O) groups is 1. The number of hydrogen-bond acceptors (Lipinski definition) is 6. The van der Waals surface area contributed by atoms with E-state index < -0.39 is 6.10 Å². The molecule has 1 aliphatic carbocycles. The lowest BCUT2D eigenvalue weighted by Crippen LogP contribution is -2.49. The lowest BCUT2D eigenvalue weighted by molar-refractivity contribution is -0.145. The van der Waals surface area contributed by atoms with Crippen molar-refractivity contribution in [2.45, 2.75) is 57.0 Å². The van der Waals surface area contributed by atoms with Gasteiger partial charge in [-0.2, -0.15) is 0 Å². The molecule has 1 aromatic rings. The molecule has 0 amide bonds. The molecule has 0 saturated carbocycles. The second kappa shape index (κ2) is 8.43. The third kappa shape index (κ3) is 4.06. The molecule has 6 nitrogen and oxygen atoms in total. The summed E-state index contributed by atoms with van der Waals surface area (Å²) in [5, 5.41) is 10.8. The van der Waals surface area contributed by atoms with Crippen LogP contribution in [0.5, 0.6) is 0 Å². The quantitative estimate of drug-likeness (QED) is 0.439. The molecule has 3 heterocycles. The van der Waals surface area contributed by atoms with Crippen LogP contribution in [-0.4, -0.2) is 72.6 Å². The SMILES string of the molecule is C/C1=C\CC[C@]2(C)O[C@H]2[C@@H]2OC(=O)[C@H](CN3CCN(c4ccccc4F)CC3)[C@H]2C[C@@H]1O. The molecule has 3 saturated heterocycles. The maximum atomic E-state index is 14.2. The lowest BCUT2D eigenvalue weighted by atomic mass is 9.79. The molecule has 1 N–H and O–H groups in total. The van der Waals surface area contributed by atoms with E-state index in [1.54, 1.807) is 6.07 Å². The smallest absolute Gasteiger partial charge is 0.311 e. The third-order valence-corrected chi connectivity index (χ3v) is 7.88. The van der Waals surface area contributed by atoms with Crippen molar-refractivity contribution in [2.75, 3.05) is 37.6 Å². The number of nitrogens with zero attached hydrogens (tertiary/aromatic N) is 2. The number of anilines is 1. The number of aliphatic hydroxyl groups is 1. The standard InChI is InChI=1S/C25H33FN2O4/c1-16-6-5-9-25(2)23(32-25)22-17(14-21(16)29)18(24(30)31-22)15-27-10-12-28(13-11-27)20-8-4-3-7-19(20)26/h3-4,6-8,17-18,21-23,29H,5,9-15H2,1-2H3/b16-6+/t17-,18-,21+,22-,23+,25+/m1/s1. The van der Waals surface area contributed by atoms with Crippen molar-refractivity contribution in [3.63, 3.8) is 0 Å². The van der Waals surface area contributed by atoms with Gasteiger partial charge in [0.15, 0.2) is 0 Å². The van der Waals surface area contributed by atoms with Crippen molar-refractivity contribution in [1.29, 1.82) is 0 Å². The van der Waals surface area contributed by atoms with Crippen molar-refractivity contribution in [1.82, 2.24) is 4.90 Å². The Morgan fingerprint density at radius 2 is 1.97 bits per heavy atom. The number of benzene rings is 1. The highest BCUT2D eigenvalue weighted by Gasteiger charge is 2.63. The van der Waals surface area contributed by atoms with Gasteiger partial charge in [-0.15, -0.1) is 0 Å². The van der Waals surface area contributed by atoms with Gasteiger partial charge in [0, 0.05) is 38.6 Å². The molecule has 3 aliphatic heterocycles. The zero-order valence-corrected chi connectivity index (χ0v) is 18.9. The molecule has 6 atom stereocenters. The second-order valence-corrected chi connectivity index (χ2v) is 10.0. The minimum absolute atomic E-state index is 0.0737. The van der Waals surface area contributed by atoms with E-state index in [4.69, 9.17) is 9.47 Å².